The van der Waals surface area contributed by atoms with Crippen LogP contribution in [-0.2, 0) is 19.1 Å². The largest absolute Gasteiger partial charge is 0.466 e. The molecule has 4 nitrogen and oxygen atoms in total. The lowest BCUT2D eigenvalue weighted by atomic mass is 10.1. The van der Waals surface area contributed by atoms with Gasteiger partial charge in [-0.15, -0.1) is 0 Å². The third-order valence-corrected chi connectivity index (χ3v) is 7.55. The van der Waals surface area contributed by atoms with Crippen LogP contribution in [0.15, 0.2) is 36.5 Å². The fourth-order valence-corrected chi connectivity index (χ4v) is 4.88. The Hall–Kier alpha value is -1.84. The van der Waals surface area contributed by atoms with Crippen molar-refractivity contribution in [2.24, 2.45) is 0 Å². The number of rotatable bonds is 30. The Morgan fingerprint density at radius 2 is 0.951 bits per heavy atom. The summed E-state index contributed by atoms with van der Waals surface area (Å²) < 4.78 is 10.4. The summed E-state index contributed by atoms with van der Waals surface area (Å²) in [7, 11) is 1.36. The van der Waals surface area contributed by atoms with Crippen LogP contribution < -0.4 is 0 Å². The predicted molar refractivity (Wildman–Crippen MR) is 176 cm³/mol. The van der Waals surface area contributed by atoms with Gasteiger partial charge in [0.1, 0.15) is 0 Å². The van der Waals surface area contributed by atoms with Crippen molar-refractivity contribution in [2.45, 2.75) is 180 Å². The van der Waals surface area contributed by atoms with Gasteiger partial charge in [-0.2, -0.15) is 0 Å². The van der Waals surface area contributed by atoms with Crippen molar-refractivity contribution in [3.63, 3.8) is 0 Å². The maximum absolute atomic E-state index is 12.3. The molecule has 0 fully saturated rings. The molecule has 0 spiro atoms. The number of unbranched alkanes of at least 4 members (excludes halogenated alkanes) is 18. The number of carbonyl (C=O) groups is 2. The molecule has 0 amide bonds. The molecular formula is C37H66O4. The molecule has 0 aromatic heterocycles. The highest BCUT2D eigenvalue weighted by atomic mass is 16.6. The first-order chi connectivity index (χ1) is 20.2. The van der Waals surface area contributed by atoms with Gasteiger partial charge in [0.2, 0.25) is 0 Å². The number of methoxy groups -OCH3 is 1. The van der Waals surface area contributed by atoms with E-state index in [9.17, 15) is 9.59 Å². The Kier molecular flexibility index (Phi) is 31.2. The van der Waals surface area contributed by atoms with Crippen molar-refractivity contribution < 1.29 is 19.1 Å². The van der Waals surface area contributed by atoms with E-state index in [0.717, 1.165) is 57.8 Å². The van der Waals surface area contributed by atoms with Gasteiger partial charge in [0.25, 0.3) is 0 Å². The van der Waals surface area contributed by atoms with Crippen molar-refractivity contribution in [3.8, 4) is 0 Å². The monoisotopic (exact) mass is 574 g/mol. The average molecular weight is 575 g/mol. The zero-order valence-corrected chi connectivity index (χ0v) is 27.4. The van der Waals surface area contributed by atoms with E-state index in [1.165, 1.54) is 97.0 Å². The van der Waals surface area contributed by atoms with E-state index < -0.39 is 12.1 Å². The summed E-state index contributed by atoms with van der Waals surface area (Å²) in [6.07, 6.45) is 41.2. The quantitative estimate of drug-likeness (QED) is 0.0486. The Morgan fingerprint density at radius 1 is 0.537 bits per heavy atom. The van der Waals surface area contributed by atoms with E-state index in [0.29, 0.717) is 12.8 Å². The summed E-state index contributed by atoms with van der Waals surface area (Å²) in [4.78, 5) is 24.4. The molecule has 0 radical (unpaired) electrons. The predicted octanol–water partition coefficient (Wildman–Crippen LogP) is 11.5. The van der Waals surface area contributed by atoms with E-state index in [1.54, 1.807) is 0 Å². The lowest BCUT2D eigenvalue weighted by molar-refractivity contribution is -0.166. The molecule has 1 atom stereocenters. The molecule has 0 saturated carbocycles. The third kappa shape index (κ3) is 29.5. The first-order valence-corrected chi connectivity index (χ1v) is 17.4. The Balaban J connectivity index is 3.77. The Bertz CT molecular complexity index is 664. The van der Waals surface area contributed by atoms with Gasteiger partial charge in [-0.3, -0.25) is 4.79 Å². The highest BCUT2D eigenvalue weighted by Gasteiger charge is 2.23. The van der Waals surface area contributed by atoms with Crippen LogP contribution in [0.4, 0.5) is 0 Å². The second kappa shape index (κ2) is 32.7. The van der Waals surface area contributed by atoms with Gasteiger partial charge in [0, 0.05) is 6.42 Å². The molecule has 0 bridgehead atoms. The van der Waals surface area contributed by atoms with Crippen molar-refractivity contribution in [1.29, 1.82) is 0 Å². The molecule has 0 rings (SSSR count). The van der Waals surface area contributed by atoms with Crippen LogP contribution in [0.25, 0.3) is 0 Å². The van der Waals surface area contributed by atoms with Gasteiger partial charge in [0.05, 0.1) is 7.11 Å². The van der Waals surface area contributed by atoms with Crippen LogP contribution in [0, 0.1) is 0 Å². The lowest BCUT2D eigenvalue weighted by Crippen LogP contribution is -2.28. The molecule has 0 aliphatic carbocycles. The standard InChI is InChI=1S/C37H66O4/c1-4-6-8-10-12-14-16-18-20-22-24-26-28-30-32-34-36(38)41-35(37(39)40-3)33-31-29-27-25-23-21-19-17-15-13-11-9-7-5-2/h12,14,18-21,35H,4-11,13,15-17,22-34H2,1-3H3/b14-12-,20-18-,21-19-. The van der Waals surface area contributed by atoms with E-state index >= 15 is 0 Å². The Morgan fingerprint density at radius 3 is 1.49 bits per heavy atom. The molecule has 0 aliphatic rings. The molecule has 238 valence electrons. The van der Waals surface area contributed by atoms with Gasteiger partial charge in [-0.05, 0) is 77.0 Å². The second-order valence-corrected chi connectivity index (χ2v) is 11.5. The van der Waals surface area contributed by atoms with E-state index in [2.05, 4.69) is 50.3 Å². The van der Waals surface area contributed by atoms with Gasteiger partial charge in [0.15, 0.2) is 6.10 Å². The van der Waals surface area contributed by atoms with Crippen LogP contribution >= 0.6 is 0 Å². The highest BCUT2D eigenvalue weighted by Crippen LogP contribution is 2.14. The fourth-order valence-electron chi connectivity index (χ4n) is 4.88. The molecule has 0 aromatic carbocycles. The molecule has 0 aliphatic heterocycles. The summed E-state index contributed by atoms with van der Waals surface area (Å²) in [6.45, 7) is 4.50. The molecule has 0 N–H and O–H groups in total. The topological polar surface area (TPSA) is 52.6 Å². The molecular weight excluding hydrogens is 508 g/mol. The third-order valence-electron chi connectivity index (χ3n) is 7.55. The van der Waals surface area contributed by atoms with Crippen LogP contribution in [0.5, 0.6) is 0 Å². The van der Waals surface area contributed by atoms with Crippen LogP contribution in [-0.4, -0.2) is 25.2 Å². The van der Waals surface area contributed by atoms with Gasteiger partial charge in [-0.1, -0.05) is 127 Å². The summed E-state index contributed by atoms with van der Waals surface area (Å²) in [5.74, 6) is -0.711. The second-order valence-electron chi connectivity index (χ2n) is 11.5. The average Bonchev–Trinajstić information content (AvgIpc) is 2.98. The minimum atomic E-state index is -0.761. The van der Waals surface area contributed by atoms with Gasteiger partial charge >= 0.3 is 11.9 Å². The number of carbonyl (C=O) groups excluding carboxylic acids is 2. The molecule has 0 saturated heterocycles. The molecule has 41 heavy (non-hydrogen) atoms. The number of esters is 2. The highest BCUT2D eigenvalue weighted by molar-refractivity contribution is 5.79. The van der Waals surface area contributed by atoms with Crippen molar-refractivity contribution in [3.05, 3.63) is 36.5 Å². The van der Waals surface area contributed by atoms with E-state index in [1.807, 2.05) is 0 Å². The number of hydrogen-bond acceptors (Lipinski definition) is 4. The summed E-state index contributed by atoms with van der Waals surface area (Å²) in [5, 5.41) is 0. The number of hydrogen-bond donors (Lipinski definition) is 0. The van der Waals surface area contributed by atoms with E-state index in [-0.39, 0.29) is 5.97 Å². The zero-order chi connectivity index (χ0) is 30.1. The maximum atomic E-state index is 12.3. The van der Waals surface area contributed by atoms with Crippen LogP contribution in [0.1, 0.15) is 174 Å². The fraction of sp³-hybridized carbons (Fsp3) is 0.784. The van der Waals surface area contributed by atoms with Gasteiger partial charge in [-0.25, -0.2) is 4.79 Å². The minimum Gasteiger partial charge on any atom is -0.466 e. The normalized spacial score (nSPS) is 12.6. The number of ether oxygens (including phenoxy) is 2. The van der Waals surface area contributed by atoms with Crippen molar-refractivity contribution >= 4 is 11.9 Å². The van der Waals surface area contributed by atoms with Crippen LogP contribution in [0.3, 0.4) is 0 Å². The first-order valence-electron chi connectivity index (χ1n) is 17.4. The molecule has 0 aromatic rings. The molecule has 1 unspecified atom stereocenters. The van der Waals surface area contributed by atoms with Crippen LogP contribution in [0.2, 0.25) is 0 Å². The van der Waals surface area contributed by atoms with Crippen molar-refractivity contribution in [1.82, 2.24) is 0 Å². The minimum absolute atomic E-state index is 0.276. The summed E-state index contributed by atoms with van der Waals surface area (Å²) in [6, 6.07) is 0. The van der Waals surface area contributed by atoms with Crippen molar-refractivity contribution in [2.75, 3.05) is 7.11 Å². The number of allylic oxidation sites excluding steroid dienone is 6. The SMILES string of the molecule is CCCCC/C=C\C/C=C\CCCCCCCC(=O)OC(CCCCCC/C=C\CCCCCCCC)C(=O)OC. The van der Waals surface area contributed by atoms with E-state index in [4.69, 9.17) is 9.47 Å². The zero-order valence-electron chi connectivity index (χ0n) is 27.4. The lowest BCUT2D eigenvalue weighted by Gasteiger charge is -2.15. The smallest absolute Gasteiger partial charge is 0.347 e. The maximum Gasteiger partial charge on any atom is 0.347 e. The molecule has 4 heteroatoms. The van der Waals surface area contributed by atoms with Gasteiger partial charge < -0.3 is 9.47 Å². The first kappa shape index (κ1) is 39.2. The summed E-state index contributed by atoms with van der Waals surface area (Å²) >= 11 is 0. The molecule has 0 heterocycles. The Labute approximate surface area is 254 Å². The summed E-state index contributed by atoms with van der Waals surface area (Å²) in [5.41, 5.74) is 0.